The zero-order chi connectivity index (χ0) is 16.2. The number of nitrogens with zero attached hydrogens (tertiary/aromatic N) is 2. The SMILES string of the molecule is CCN(Cc1ccncc1)S(=O)(=O)c1cc(Cl)ccc1OC. The lowest BCUT2D eigenvalue weighted by Crippen LogP contribution is -2.30. The molecule has 0 spiro atoms. The van der Waals surface area contributed by atoms with Gasteiger partial charge in [-0.15, -0.1) is 0 Å². The summed E-state index contributed by atoms with van der Waals surface area (Å²) in [7, 11) is -2.28. The lowest BCUT2D eigenvalue weighted by Gasteiger charge is -2.22. The van der Waals surface area contributed by atoms with Crippen molar-refractivity contribution in [2.45, 2.75) is 18.4 Å². The monoisotopic (exact) mass is 340 g/mol. The fraction of sp³-hybridized carbons (Fsp3) is 0.267. The second-order valence-corrected chi connectivity index (χ2v) is 6.92. The highest BCUT2D eigenvalue weighted by atomic mass is 35.5. The van der Waals surface area contributed by atoms with E-state index in [0.717, 1.165) is 5.56 Å². The molecule has 2 aromatic rings. The Morgan fingerprint density at radius 1 is 1.23 bits per heavy atom. The third kappa shape index (κ3) is 3.58. The Kier molecular flexibility index (Phi) is 5.39. The van der Waals surface area contributed by atoms with Crippen LogP contribution in [0.1, 0.15) is 12.5 Å². The minimum absolute atomic E-state index is 0.0680. The van der Waals surface area contributed by atoms with Crippen molar-refractivity contribution in [2.24, 2.45) is 0 Å². The molecule has 0 saturated heterocycles. The highest BCUT2D eigenvalue weighted by Gasteiger charge is 2.27. The summed E-state index contributed by atoms with van der Waals surface area (Å²) in [6, 6.07) is 8.12. The van der Waals surface area contributed by atoms with Gasteiger partial charge in [-0.1, -0.05) is 18.5 Å². The molecule has 0 radical (unpaired) electrons. The maximum absolute atomic E-state index is 12.9. The van der Waals surface area contributed by atoms with Crippen LogP contribution >= 0.6 is 11.6 Å². The van der Waals surface area contributed by atoms with Crippen molar-refractivity contribution < 1.29 is 13.2 Å². The number of hydrogen-bond acceptors (Lipinski definition) is 4. The number of ether oxygens (including phenoxy) is 1. The maximum Gasteiger partial charge on any atom is 0.247 e. The summed E-state index contributed by atoms with van der Waals surface area (Å²) in [5.74, 6) is 0.276. The van der Waals surface area contributed by atoms with Gasteiger partial charge < -0.3 is 4.74 Å². The molecule has 0 saturated carbocycles. The fourth-order valence-electron chi connectivity index (χ4n) is 2.05. The Labute approximate surface area is 135 Å². The summed E-state index contributed by atoms with van der Waals surface area (Å²) in [4.78, 5) is 4.00. The van der Waals surface area contributed by atoms with E-state index >= 15 is 0 Å². The van der Waals surface area contributed by atoms with Crippen LogP contribution in [0.5, 0.6) is 5.75 Å². The molecule has 0 aliphatic carbocycles. The van der Waals surface area contributed by atoms with Crippen LogP contribution in [0, 0.1) is 0 Å². The Balaban J connectivity index is 2.41. The second-order valence-electron chi connectivity index (χ2n) is 4.58. The van der Waals surface area contributed by atoms with Crippen LogP contribution in [0.4, 0.5) is 0 Å². The molecule has 22 heavy (non-hydrogen) atoms. The molecule has 0 unspecified atom stereocenters. The van der Waals surface area contributed by atoms with E-state index in [1.165, 1.54) is 17.5 Å². The average molecular weight is 341 g/mol. The first-order valence-electron chi connectivity index (χ1n) is 6.71. The number of pyridine rings is 1. The average Bonchev–Trinajstić information content (AvgIpc) is 2.53. The molecule has 0 amide bonds. The van der Waals surface area contributed by atoms with Crippen LogP contribution in [0.2, 0.25) is 5.02 Å². The van der Waals surface area contributed by atoms with E-state index in [2.05, 4.69) is 4.98 Å². The minimum Gasteiger partial charge on any atom is -0.495 e. The van der Waals surface area contributed by atoms with Crippen LogP contribution in [0.15, 0.2) is 47.6 Å². The van der Waals surface area contributed by atoms with Gasteiger partial charge in [0.2, 0.25) is 10.0 Å². The number of rotatable bonds is 6. The van der Waals surface area contributed by atoms with Gasteiger partial charge in [-0.05, 0) is 35.9 Å². The maximum atomic E-state index is 12.9. The van der Waals surface area contributed by atoms with Gasteiger partial charge in [0.15, 0.2) is 0 Å². The van der Waals surface area contributed by atoms with E-state index in [9.17, 15) is 8.42 Å². The van der Waals surface area contributed by atoms with E-state index < -0.39 is 10.0 Å². The molecule has 0 atom stereocenters. The van der Waals surface area contributed by atoms with Gasteiger partial charge in [-0.2, -0.15) is 4.31 Å². The van der Waals surface area contributed by atoms with Crippen molar-refractivity contribution in [3.8, 4) is 5.75 Å². The van der Waals surface area contributed by atoms with Crippen LogP contribution in [-0.4, -0.2) is 31.4 Å². The molecule has 0 aliphatic rings. The van der Waals surface area contributed by atoms with Crippen LogP contribution in [-0.2, 0) is 16.6 Å². The van der Waals surface area contributed by atoms with Gasteiger partial charge in [-0.25, -0.2) is 8.42 Å². The quantitative estimate of drug-likeness (QED) is 0.811. The Hall–Kier alpha value is -1.63. The highest BCUT2D eigenvalue weighted by molar-refractivity contribution is 7.89. The fourth-order valence-corrected chi connectivity index (χ4v) is 3.91. The molecule has 5 nitrogen and oxygen atoms in total. The van der Waals surface area contributed by atoms with Crippen LogP contribution in [0.25, 0.3) is 0 Å². The predicted molar refractivity (Wildman–Crippen MR) is 85.5 cm³/mol. The normalized spacial score (nSPS) is 11.6. The molecular weight excluding hydrogens is 324 g/mol. The van der Waals surface area contributed by atoms with Crippen molar-refractivity contribution in [3.63, 3.8) is 0 Å². The van der Waals surface area contributed by atoms with Crippen molar-refractivity contribution in [1.29, 1.82) is 0 Å². The van der Waals surface area contributed by atoms with Gasteiger partial charge in [0.25, 0.3) is 0 Å². The largest absolute Gasteiger partial charge is 0.495 e. The lowest BCUT2D eigenvalue weighted by atomic mass is 10.3. The number of benzene rings is 1. The number of methoxy groups -OCH3 is 1. The summed E-state index contributed by atoms with van der Waals surface area (Å²) in [6.45, 7) is 2.38. The molecule has 7 heteroatoms. The first-order chi connectivity index (χ1) is 10.5. The minimum atomic E-state index is -3.71. The third-order valence-corrected chi connectivity index (χ3v) is 5.38. The molecule has 0 N–H and O–H groups in total. The Morgan fingerprint density at radius 3 is 2.50 bits per heavy atom. The number of sulfonamides is 1. The highest BCUT2D eigenvalue weighted by Crippen LogP contribution is 2.30. The Bertz CT molecular complexity index is 736. The topological polar surface area (TPSA) is 59.5 Å². The van der Waals surface area contributed by atoms with Crippen molar-refractivity contribution in [1.82, 2.24) is 9.29 Å². The zero-order valence-corrected chi connectivity index (χ0v) is 13.9. The molecule has 0 fully saturated rings. The molecule has 2 rings (SSSR count). The smallest absolute Gasteiger partial charge is 0.247 e. The van der Waals surface area contributed by atoms with Gasteiger partial charge in [0.05, 0.1) is 7.11 Å². The summed E-state index contributed by atoms with van der Waals surface area (Å²) in [6.07, 6.45) is 3.27. The standard InChI is InChI=1S/C15H17ClN2O3S/c1-3-18(11-12-6-8-17-9-7-12)22(19,20)15-10-13(16)4-5-14(15)21-2/h4-10H,3,11H2,1-2H3. The summed E-state index contributed by atoms with van der Waals surface area (Å²) in [5.41, 5.74) is 0.862. The van der Waals surface area contributed by atoms with Crippen molar-refractivity contribution in [3.05, 3.63) is 53.3 Å². The molecule has 1 heterocycles. The summed E-state index contributed by atoms with van der Waals surface area (Å²) >= 11 is 5.94. The Morgan fingerprint density at radius 2 is 1.91 bits per heavy atom. The number of hydrogen-bond donors (Lipinski definition) is 0. The second kappa shape index (κ2) is 7.09. The van der Waals surface area contributed by atoms with Gasteiger partial charge in [-0.3, -0.25) is 4.98 Å². The predicted octanol–water partition coefficient (Wildman–Crippen LogP) is 2.95. The van der Waals surface area contributed by atoms with E-state index in [-0.39, 0.29) is 17.2 Å². The van der Waals surface area contributed by atoms with Crippen molar-refractivity contribution in [2.75, 3.05) is 13.7 Å². The van der Waals surface area contributed by atoms with Gasteiger partial charge in [0.1, 0.15) is 10.6 Å². The number of aromatic nitrogens is 1. The van der Waals surface area contributed by atoms with E-state index in [1.54, 1.807) is 43.6 Å². The molecular formula is C15H17ClN2O3S. The first-order valence-corrected chi connectivity index (χ1v) is 8.53. The molecule has 0 bridgehead atoms. The van der Waals surface area contributed by atoms with Gasteiger partial charge in [0, 0.05) is 30.5 Å². The van der Waals surface area contributed by atoms with Crippen LogP contribution in [0.3, 0.4) is 0 Å². The van der Waals surface area contributed by atoms with Gasteiger partial charge >= 0.3 is 0 Å². The summed E-state index contributed by atoms with van der Waals surface area (Å²) < 4.78 is 32.3. The van der Waals surface area contributed by atoms with Crippen LogP contribution < -0.4 is 4.74 Å². The summed E-state index contributed by atoms with van der Waals surface area (Å²) in [5, 5.41) is 0.347. The van der Waals surface area contributed by atoms with Crippen molar-refractivity contribution >= 4 is 21.6 Å². The molecule has 1 aromatic carbocycles. The molecule has 118 valence electrons. The molecule has 0 aliphatic heterocycles. The van der Waals surface area contributed by atoms with E-state index in [0.29, 0.717) is 11.6 Å². The van der Waals surface area contributed by atoms with E-state index in [1.807, 2.05) is 0 Å². The zero-order valence-electron chi connectivity index (χ0n) is 12.4. The molecule has 1 aromatic heterocycles. The number of halogens is 1. The third-order valence-electron chi connectivity index (χ3n) is 3.20. The lowest BCUT2D eigenvalue weighted by molar-refractivity contribution is 0.391. The first kappa shape index (κ1) is 16.7. The van der Waals surface area contributed by atoms with E-state index in [4.69, 9.17) is 16.3 Å².